The van der Waals surface area contributed by atoms with Crippen LogP contribution in [0, 0.1) is 0 Å². The number of aliphatic carboxylic acids is 1. The van der Waals surface area contributed by atoms with Crippen LogP contribution >= 0.6 is 11.6 Å². The van der Waals surface area contributed by atoms with E-state index >= 15 is 0 Å². The fraction of sp³-hybridized carbons (Fsp3) is 0.143. The van der Waals surface area contributed by atoms with Crippen molar-refractivity contribution in [3.63, 3.8) is 0 Å². The third kappa shape index (κ3) is 2.71. The van der Waals surface area contributed by atoms with E-state index in [-0.39, 0.29) is 12.6 Å². The van der Waals surface area contributed by atoms with Crippen LogP contribution in [0.1, 0.15) is 11.1 Å². The number of ether oxygens (including phenoxy) is 1. The maximum atomic E-state index is 11.2. The van der Waals surface area contributed by atoms with Crippen LogP contribution in [-0.2, 0) is 11.4 Å². The molecule has 8 heteroatoms. The summed E-state index contributed by atoms with van der Waals surface area (Å²) in [6.07, 6.45) is 2.77. The van der Waals surface area contributed by atoms with Gasteiger partial charge in [-0.1, -0.05) is 41.9 Å². The maximum Gasteiger partial charge on any atom is 0.342 e. The summed E-state index contributed by atoms with van der Waals surface area (Å²) in [6, 6.07) is 9.53. The molecule has 1 aromatic carbocycles. The molecular formula is C14H11ClN4O3. The third-order valence-electron chi connectivity index (χ3n) is 2.96. The van der Waals surface area contributed by atoms with Gasteiger partial charge in [0.05, 0.1) is 6.20 Å². The first-order valence-corrected chi connectivity index (χ1v) is 6.82. The number of nitrogens with zero attached hydrogens (tertiary/aromatic N) is 4. The van der Waals surface area contributed by atoms with Crippen LogP contribution < -0.4 is 4.74 Å². The number of carboxylic acids is 1. The van der Waals surface area contributed by atoms with Crippen LogP contribution in [0.15, 0.2) is 42.9 Å². The Morgan fingerprint density at radius 1 is 1.36 bits per heavy atom. The van der Waals surface area contributed by atoms with E-state index in [1.807, 2.05) is 30.3 Å². The largest absolute Gasteiger partial charge is 0.479 e. The first kappa shape index (κ1) is 14.3. The van der Waals surface area contributed by atoms with E-state index < -0.39 is 11.5 Å². The van der Waals surface area contributed by atoms with Gasteiger partial charge in [0.1, 0.15) is 18.5 Å². The van der Waals surface area contributed by atoms with Gasteiger partial charge in [-0.15, -0.1) is 0 Å². The molecule has 0 amide bonds. The average molecular weight is 319 g/mol. The van der Waals surface area contributed by atoms with E-state index in [0.29, 0.717) is 11.2 Å². The number of alkyl halides is 1. The molecule has 112 valence electrons. The summed E-state index contributed by atoms with van der Waals surface area (Å²) >= 11 is 5.93. The van der Waals surface area contributed by atoms with Gasteiger partial charge in [-0.05, 0) is 5.56 Å². The minimum atomic E-state index is -1.37. The monoisotopic (exact) mass is 318 g/mol. The third-order valence-corrected chi connectivity index (χ3v) is 3.35. The second kappa shape index (κ2) is 5.98. The smallest absolute Gasteiger partial charge is 0.342 e. The summed E-state index contributed by atoms with van der Waals surface area (Å²) in [5.41, 5.74) is 0.275. The molecule has 0 spiro atoms. The maximum absolute atomic E-state index is 11.2. The number of halogens is 1. The number of carbonyl (C=O) groups is 1. The molecule has 0 saturated carbocycles. The highest BCUT2D eigenvalue weighted by molar-refractivity contribution is 6.28. The van der Waals surface area contributed by atoms with Gasteiger partial charge in [0.2, 0.25) is 5.50 Å². The molecule has 7 nitrogen and oxygen atoms in total. The molecule has 0 radical (unpaired) electrons. The van der Waals surface area contributed by atoms with Crippen molar-refractivity contribution >= 4 is 28.7 Å². The molecule has 3 aromatic rings. The van der Waals surface area contributed by atoms with Crippen LogP contribution in [0.5, 0.6) is 6.01 Å². The Labute approximate surface area is 130 Å². The van der Waals surface area contributed by atoms with Gasteiger partial charge in [0.25, 0.3) is 0 Å². The number of fused-ring (bicyclic) bond motifs is 1. The Bertz CT molecular complexity index is 806. The van der Waals surface area contributed by atoms with Crippen molar-refractivity contribution in [3.8, 4) is 6.01 Å². The van der Waals surface area contributed by atoms with Crippen molar-refractivity contribution < 1.29 is 14.6 Å². The van der Waals surface area contributed by atoms with Crippen molar-refractivity contribution in [2.45, 2.75) is 12.1 Å². The molecule has 2 heterocycles. The highest BCUT2D eigenvalue weighted by Crippen LogP contribution is 2.27. The number of imidazole rings is 1. The predicted octanol–water partition coefficient (Wildman–Crippen LogP) is 2.23. The van der Waals surface area contributed by atoms with Gasteiger partial charge >= 0.3 is 12.0 Å². The summed E-state index contributed by atoms with van der Waals surface area (Å²) in [7, 11) is 0. The molecule has 1 unspecified atom stereocenters. The molecular weight excluding hydrogens is 308 g/mol. The van der Waals surface area contributed by atoms with Crippen LogP contribution in [0.2, 0.25) is 0 Å². The van der Waals surface area contributed by atoms with Gasteiger partial charge in [-0.3, -0.25) is 0 Å². The van der Waals surface area contributed by atoms with Gasteiger partial charge in [0.15, 0.2) is 5.65 Å². The van der Waals surface area contributed by atoms with Crippen LogP contribution in [0.4, 0.5) is 0 Å². The van der Waals surface area contributed by atoms with Crippen molar-refractivity contribution in [2.75, 3.05) is 0 Å². The molecule has 22 heavy (non-hydrogen) atoms. The van der Waals surface area contributed by atoms with Crippen LogP contribution in [0.3, 0.4) is 0 Å². The molecule has 0 bridgehead atoms. The first-order valence-electron chi connectivity index (χ1n) is 6.38. The number of aromatic nitrogens is 4. The lowest BCUT2D eigenvalue weighted by Crippen LogP contribution is -2.15. The van der Waals surface area contributed by atoms with E-state index in [1.165, 1.54) is 17.1 Å². The second-order valence-corrected chi connectivity index (χ2v) is 4.86. The lowest BCUT2D eigenvalue weighted by Gasteiger charge is -2.11. The number of carboxylic acid groups (broad SMARTS) is 1. The van der Waals surface area contributed by atoms with Crippen LogP contribution in [0.25, 0.3) is 11.2 Å². The molecule has 0 fully saturated rings. The zero-order valence-electron chi connectivity index (χ0n) is 11.3. The average Bonchev–Trinajstić information content (AvgIpc) is 2.91. The van der Waals surface area contributed by atoms with E-state index in [0.717, 1.165) is 5.56 Å². The molecule has 3 rings (SSSR count). The Kier molecular flexibility index (Phi) is 3.88. The Balaban J connectivity index is 1.97. The SMILES string of the molecule is O=C(O)C(Cl)n1c(OCc2ccccc2)nc2cncnc21. The highest BCUT2D eigenvalue weighted by atomic mass is 35.5. The zero-order valence-corrected chi connectivity index (χ0v) is 12.0. The van der Waals surface area contributed by atoms with Gasteiger partial charge in [-0.25, -0.2) is 19.3 Å². The number of hydrogen-bond donors (Lipinski definition) is 1. The van der Waals surface area contributed by atoms with E-state index in [1.54, 1.807) is 0 Å². The minimum Gasteiger partial charge on any atom is -0.479 e. The normalized spacial score (nSPS) is 12.2. The van der Waals surface area contributed by atoms with Crippen molar-refractivity contribution in [1.82, 2.24) is 19.5 Å². The van der Waals surface area contributed by atoms with Crippen molar-refractivity contribution in [3.05, 3.63) is 48.4 Å². The molecule has 2 aromatic heterocycles. The molecule has 0 saturated heterocycles. The van der Waals surface area contributed by atoms with Crippen molar-refractivity contribution in [2.24, 2.45) is 0 Å². The summed E-state index contributed by atoms with van der Waals surface area (Å²) in [4.78, 5) is 23.3. The first-order chi connectivity index (χ1) is 10.7. The van der Waals surface area contributed by atoms with E-state index in [2.05, 4.69) is 15.0 Å². The summed E-state index contributed by atoms with van der Waals surface area (Å²) in [5.74, 6) is -1.22. The fourth-order valence-corrected chi connectivity index (χ4v) is 2.14. The number of rotatable bonds is 5. The number of hydrogen-bond acceptors (Lipinski definition) is 5. The summed E-state index contributed by atoms with van der Waals surface area (Å²) in [5, 5.41) is 9.14. The topological polar surface area (TPSA) is 90.1 Å². The molecule has 1 N–H and O–H groups in total. The van der Waals surface area contributed by atoms with Gasteiger partial charge in [-0.2, -0.15) is 4.98 Å². The fourth-order valence-electron chi connectivity index (χ4n) is 1.97. The zero-order chi connectivity index (χ0) is 15.5. The predicted molar refractivity (Wildman–Crippen MR) is 78.6 cm³/mol. The Hall–Kier alpha value is -2.67. The van der Waals surface area contributed by atoms with Gasteiger partial charge < -0.3 is 9.84 Å². The van der Waals surface area contributed by atoms with E-state index in [4.69, 9.17) is 21.4 Å². The Morgan fingerprint density at radius 3 is 2.86 bits per heavy atom. The van der Waals surface area contributed by atoms with E-state index in [9.17, 15) is 4.79 Å². The summed E-state index contributed by atoms with van der Waals surface area (Å²) in [6.45, 7) is 0.237. The molecule has 0 aliphatic carbocycles. The van der Waals surface area contributed by atoms with Crippen molar-refractivity contribution in [1.29, 1.82) is 0 Å². The minimum absolute atomic E-state index is 0.0850. The standard InChI is InChI=1S/C14H11ClN4O3/c15-11(13(20)21)19-12-10(6-16-8-17-12)18-14(19)22-7-9-4-2-1-3-5-9/h1-6,8,11H,7H2,(H,20,21). The second-order valence-electron chi connectivity index (χ2n) is 4.44. The quantitative estimate of drug-likeness (QED) is 0.725. The lowest BCUT2D eigenvalue weighted by atomic mass is 10.2. The van der Waals surface area contributed by atoms with Gasteiger partial charge in [0, 0.05) is 0 Å². The molecule has 0 aliphatic heterocycles. The highest BCUT2D eigenvalue weighted by Gasteiger charge is 2.25. The number of benzene rings is 1. The molecule has 1 atom stereocenters. The Morgan fingerprint density at radius 2 is 2.14 bits per heavy atom. The summed E-state index contributed by atoms with van der Waals surface area (Å²) < 4.78 is 6.84. The molecule has 0 aliphatic rings. The van der Waals surface area contributed by atoms with Crippen LogP contribution in [-0.4, -0.2) is 30.6 Å². The lowest BCUT2D eigenvalue weighted by molar-refractivity contribution is -0.138.